The van der Waals surface area contributed by atoms with E-state index in [9.17, 15) is 9.59 Å². The molecular formula is C22H17NO3. The average Bonchev–Trinajstić information content (AvgIpc) is 2.92. The van der Waals surface area contributed by atoms with E-state index >= 15 is 0 Å². The van der Waals surface area contributed by atoms with Crippen LogP contribution in [0.2, 0.25) is 0 Å². The lowest BCUT2D eigenvalue weighted by molar-refractivity contribution is 0.0642. The van der Waals surface area contributed by atoms with E-state index in [1.807, 2.05) is 60.7 Å². The Labute approximate surface area is 151 Å². The van der Waals surface area contributed by atoms with Crippen molar-refractivity contribution in [1.82, 2.24) is 4.90 Å². The second kappa shape index (κ2) is 6.84. The monoisotopic (exact) mass is 343 g/mol. The summed E-state index contributed by atoms with van der Waals surface area (Å²) in [5.74, 6) is 0.0396. The first-order valence-corrected chi connectivity index (χ1v) is 8.43. The number of carbonyl (C=O) groups is 2. The number of fused-ring (bicyclic) bond motifs is 1. The van der Waals surface area contributed by atoms with Gasteiger partial charge in [0.05, 0.1) is 17.7 Å². The first kappa shape index (κ1) is 16.1. The van der Waals surface area contributed by atoms with Gasteiger partial charge in [-0.25, -0.2) is 0 Å². The van der Waals surface area contributed by atoms with Gasteiger partial charge in [0.1, 0.15) is 12.4 Å². The van der Waals surface area contributed by atoms with Crippen LogP contribution in [0.1, 0.15) is 31.8 Å². The van der Waals surface area contributed by atoms with Crippen molar-refractivity contribution in [1.29, 1.82) is 0 Å². The van der Waals surface area contributed by atoms with Crippen LogP contribution < -0.4 is 4.74 Å². The molecule has 3 aromatic rings. The zero-order valence-corrected chi connectivity index (χ0v) is 14.1. The lowest BCUT2D eigenvalue weighted by atomic mass is 10.1. The van der Waals surface area contributed by atoms with Crippen molar-refractivity contribution in [3.05, 3.63) is 101 Å². The summed E-state index contributed by atoms with van der Waals surface area (Å²) in [6.07, 6.45) is 0. The molecule has 3 aromatic carbocycles. The summed E-state index contributed by atoms with van der Waals surface area (Å²) in [6, 6.07) is 24.3. The largest absolute Gasteiger partial charge is 0.489 e. The third-order valence-electron chi connectivity index (χ3n) is 4.37. The van der Waals surface area contributed by atoms with Crippen molar-refractivity contribution in [2.24, 2.45) is 0 Å². The summed E-state index contributed by atoms with van der Waals surface area (Å²) in [5.41, 5.74) is 2.79. The van der Waals surface area contributed by atoms with Gasteiger partial charge in [-0.3, -0.25) is 14.5 Å². The molecule has 0 saturated carbocycles. The highest BCUT2D eigenvalue weighted by molar-refractivity contribution is 6.21. The Morgan fingerprint density at radius 1 is 0.692 bits per heavy atom. The van der Waals surface area contributed by atoms with Gasteiger partial charge < -0.3 is 4.74 Å². The van der Waals surface area contributed by atoms with Crippen molar-refractivity contribution in [3.63, 3.8) is 0 Å². The van der Waals surface area contributed by atoms with Gasteiger partial charge in [0.15, 0.2) is 0 Å². The Morgan fingerprint density at radius 2 is 1.31 bits per heavy atom. The molecule has 0 unspecified atom stereocenters. The zero-order valence-electron chi connectivity index (χ0n) is 14.1. The molecular weight excluding hydrogens is 326 g/mol. The SMILES string of the molecule is O=C1c2ccc(OCc3ccccc3)cc2C(=O)N1Cc1ccccc1. The summed E-state index contributed by atoms with van der Waals surface area (Å²) in [5, 5.41) is 0. The number of amides is 2. The van der Waals surface area contributed by atoms with Crippen LogP contribution in [0, 0.1) is 0 Å². The third kappa shape index (κ3) is 3.09. The Balaban J connectivity index is 1.52. The Morgan fingerprint density at radius 3 is 2.00 bits per heavy atom. The normalized spacial score (nSPS) is 13.0. The lowest BCUT2D eigenvalue weighted by Gasteiger charge is -2.13. The van der Waals surface area contributed by atoms with E-state index in [0.29, 0.717) is 23.5 Å². The number of benzene rings is 3. The van der Waals surface area contributed by atoms with Crippen LogP contribution in [0.25, 0.3) is 0 Å². The molecule has 4 rings (SSSR count). The first-order valence-electron chi connectivity index (χ1n) is 8.43. The second-order valence-electron chi connectivity index (χ2n) is 6.16. The predicted molar refractivity (Wildman–Crippen MR) is 97.9 cm³/mol. The number of hydrogen-bond donors (Lipinski definition) is 0. The number of ether oxygens (including phenoxy) is 1. The van der Waals surface area contributed by atoms with Gasteiger partial charge in [-0.05, 0) is 29.3 Å². The average molecular weight is 343 g/mol. The smallest absolute Gasteiger partial charge is 0.262 e. The molecule has 0 spiro atoms. The summed E-state index contributed by atoms with van der Waals surface area (Å²) in [4.78, 5) is 26.5. The van der Waals surface area contributed by atoms with Gasteiger partial charge >= 0.3 is 0 Å². The number of nitrogens with zero attached hydrogens (tertiary/aromatic N) is 1. The second-order valence-corrected chi connectivity index (χ2v) is 6.16. The summed E-state index contributed by atoms with van der Waals surface area (Å²) in [7, 11) is 0. The fourth-order valence-corrected chi connectivity index (χ4v) is 3.01. The molecule has 0 bridgehead atoms. The standard InChI is InChI=1S/C22H17NO3/c24-21-19-12-11-18(26-15-17-9-5-2-6-10-17)13-20(19)22(25)23(21)14-16-7-3-1-4-8-16/h1-13H,14-15H2. The van der Waals surface area contributed by atoms with Gasteiger partial charge in [0.2, 0.25) is 0 Å². The molecule has 0 aliphatic carbocycles. The number of carbonyl (C=O) groups excluding carboxylic acids is 2. The fraction of sp³-hybridized carbons (Fsp3) is 0.0909. The molecule has 0 radical (unpaired) electrons. The van der Waals surface area contributed by atoms with Crippen LogP contribution in [0.3, 0.4) is 0 Å². The molecule has 26 heavy (non-hydrogen) atoms. The van der Waals surface area contributed by atoms with E-state index in [-0.39, 0.29) is 18.4 Å². The highest BCUT2D eigenvalue weighted by Gasteiger charge is 2.35. The van der Waals surface area contributed by atoms with E-state index in [1.165, 1.54) is 4.90 Å². The van der Waals surface area contributed by atoms with Gasteiger partial charge in [-0.1, -0.05) is 60.7 Å². The summed E-state index contributed by atoms with van der Waals surface area (Å²) >= 11 is 0. The van der Waals surface area contributed by atoms with Gasteiger partial charge in [-0.15, -0.1) is 0 Å². The Hall–Kier alpha value is -3.40. The summed E-state index contributed by atoms with van der Waals surface area (Å²) in [6.45, 7) is 0.683. The lowest BCUT2D eigenvalue weighted by Crippen LogP contribution is -2.29. The third-order valence-corrected chi connectivity index (χ3v) is 4.37. The van der Waals surface area contributed by atoms with E-state index < -0.39 is 0 Å². The van der Waals surface area contributed by atoms with E-state index in [2.05, 4.69) is 0 Å². The maximum Gasteiger partial charge on any atom is 0.262 e. The van der Waals surface area contributed by atoms with Gasteiger partial charge in [0.25, 0.3) is 11.8 Å². The van der Waals surface area contributed by atoms with E-state index in [0.717, 1.165) is 11.1 Å². The topological polar surface area (TPSA) is 46.6 Å². The van der Waals surface area contributed by atoms with Crippen LogP contribution in [0.15, 0.2) is 78.9 Å². The molecule has 0 atom stereocenters. The highest BCUT2D eigenvalue weighted by Crippen LogP contribution is 2.28. The van der Waals surface area contributed by atoms with Crippen LogP contribution in [-0.2, 0) is 13.2 Å². The zero-order chi connectivity index (χ0) is 17.9. The van der Waals surface area contributed by atoms with Crippen molar-refractivity contribution in [3.8, 4) is 5.75 Å². The maximum absolute atomic E-state index is 12.7. The number of rotatable bonds is 5. The molecule has 0 saturated heterocycles. The molecule has 1 aliphatic heterocycles. The van der Waals surface area contributed by atoms with E-state index in [1.54, 1.807) is 18.2 Å². The predicted octanol–water partition coefficient (Wildman–Crippen LogP) is 4.06. The molecule has 4 heteroatoms. The molecule has 0 aromatic heterocycles. The van der Waals surface area contributed by atoms with Crippen LogP contribution in [-0.4, -0.2) is 16.7 Å². The molecule has 0 fully saturated rings. The van der Waals surface area contributed by atoms with Crippen LogP contribution >= 0.6 is 0 Å². The minimum atomic E-state index is -0.279. The minimum absolute atomic E-state index is 0.261. The number of imide groups is 1. The van der Waals surface area contributed by atoms with E-state index in [4.69, 9.17) is 4.74 Å². The van der Waals surface area contributed by atoms with Crippen molar-refractivity contribution in [2.75, 3.05) is 0 Å². The van der Waals surface area contributed by atoms with Crippen molar-refractivity contribution < 1.29 is 14.3 Å². The maximum atomic E-state index is 12.7. The highest BCUT2D eigenvalue weighted by atomic mass is 16.5. The molecule has 0 N–H and O–H groups in total. The molecule has 1 aliphatic rings. The first-order chi connectivity index (χ1) is 12.7. The van der Waals surface area contributed by atoms with Gasteiger partial charge in [-0.2, -0.15) is 0 Å². The van der Waals surface area contributed by atoms with Crippen LogP contribution in [0.5, 0.6) is 5.75 Å². The van der Waals surface area contributed by atoms with Crippen LogP contribution in [0.4, 0.5) is 0 Å². The van der Waals surface area contributed by atoms with Gasteiger partial charge in [0, 0.05) is 0 Å². The Kier molecular flexibility index (Phi) is 4.23. The van der Waals surface area contributed by atoms with Crippen molar-refractivity contribution >= 4 is 11.8 Å². The quantitative estimate of drug-likeness (QED) is 0.656. The van der Waals surface area contributed by atoms with Crippen molar-refractivity contribution in [2.45, 2.75) is 13.2 Å². The number of hydrogen-bond acceptors (Lipinski definition) is 3. The minimum Gasteiger partial charge on any atom is -0.489 e. The molecule has 4 nitrogen and oxygen atoms in total. The molecule has 2 amide bonds. The summed E-state index contributed by atoms with van der Waals surface area (Å²) < 4.78 is 5.77. The molecule has 128 valence electrons. The molecule has 1 heterocycles. The Bertz CT molecular complexity index is 952. The fourth-order valence-electron chi connectivity index (χ4n) is 3.01.